The molecule has 2 atom stereocenters. The van der Waals surface area contributed by atoms with Crippen molar-refractivity contribution in [2.24, 2.45) is 5.92 Å². The minimum absolute atomic E-state index is 0.116. The number of aryl methyl sites for hydroxylation is 1. The van der Waals surface area contributed by atoms with Crippen LogP contribution in [0.25, 0.3) is 0 Å². The van der Waals surface area contributed by atoms with Gasteiger partial charge in [0.05, 0.1) is 45.0 Å². The summed E-state index contributed by atoms with van der Waals surface area (Å²) in [4.78, 5) is 46.2. The van der Waals surface area contributed by atoms with E-state index in [9.17, 15) is 9.59 Å². The Morgan fingerprint density at radius 3 is 2.74 bits per heavy atom. The van der Waals surface area contributed by atoms with Crippen molar-refractivity contribution < 1.29 is 19.1 Å². The Bertz CT molecular complexity index is 1450. The Kier molecular flexibility index (Phi) is 9.49. The summed E-state index contributed by atoms with van der Waals surface area (Å²) in [6, 6.07) is 1.59. The number of benzene rings is 1. The van der Waals surface area contributed by atoms with E-state index in [-0.39, 0.29) is 31.1 Å². The zero-order chi connectivity index (χ0) is 30.5. The number of halogens is 1. The Hall–Kier alpha value is -4.12. The van der Waals surface area contributed by atoms with Gasteiger partial charge in [-0.2, -0.15) is 0 Å². The second-order valence-electron chi connectivity index (χ2n) is 11.0. The molecule has 0 radical (unpaired) electrons. The lowest BCUT2D eigenvalue weighted by molar-refractivity contribution is -0.117. The standard InChI is InChI=1S/C31H38ClN7O4/c1-5-27(40)36-23-11-7-6-9-20(23)10-8-12-26-34-14-21-16-38(29-19(2)24(42-3)13-25(43-4)28(29)32)31(41)39(30(21)37-26)17-22-15-33-18-35-22/h5,13-15,18,20,23H,1,6-12,16-17H2,2-4H3,(H,33,35)(H,36,40)/t20-,23-/m0/s1. The lowest BCUT2D eigenvalue weighted by Gasteiger charge is -2.37. The normalized spacial score (nSPS) is 18.3. The molecule has 3 heterocycles. The summed E-state index contributed by atoms with van der Waals surface area (Å²) in [5.41, 5.74) is 2.70. The molecular formula is C31H38ClN7O4. The number of anilines is 2. The monoisotopic (exact) mass is 607 g/mol. The molecule has 1 aliphatic carbocycles. The Morgan fingerprint density at radius 1 is 1.23 bits per heavy atom. The van der Waals surface area contributed by atoms with Crippen LogP contribution in [-0.4, -0.2) is 52.1 Å². The zero-order valence-electron chi connectivity index (χ0n) is 24.9. The highest BCUT2D eigenvalue weighted by atomic mass is 35.5. The topological polar surface area (TPSA) is 126 Å². The summed E-state index contributed by atoms with van der Waals surface area (Å²) in [6.45, 7) is 5.89. The first-order valence-corrected chi connectivity index (χ1v) is 15.0. The van der Waals surface area contributed by atoms with Crippen molar-refractivity contribution in [3.05, 3.63) is 65.1 Å². The maximum Gasteiger partial charge on any atom is 0.330 e. The first kappa shape index (κ1) is 30.3. The predicted octanol–water partition coefficient (Wildman–Crippen LogP) is 5.51. The molecule has 5 rings (SSSR count). The summed E-state index contributed by atoms with van der Waals surface area (Å²) in [5.74, 6) is 2.50. The van der Waals surface area contributed by atoms with Gasteiger partial charge in [0.25, 0.3) is 0 Å². The largest absolute Gasteiger partial charge is 0.496 e. The Morgan fingerprint density at radius 2 is 2.02 bits per heavy atom. The third kappa shape index (κ3) is 6.46. The van der Waals surface area contributed by atoms with Crippen LogP contribution in [0.3, 0.4) is 0 Å². The molecule has 0 bridgehead atoms. The number of aromatic amines is 1. The number of fused-ring (bicyclic) bond motifs is 1. The molecule has 1 saturated carbocycles. The maximum absolute atomic E-state index is 14.2. The van der Waals surface area contributed by atoms with E-state index < -0.39 is 0 Å². The fraction of sp³-hybridized carbons (Fsp3) is 0.452. The van der Waals surface area contributed by atoms with Crippen LogP contribution < -0.4 is 24.6 Å². The summed E-state index contributed by atoms with van der Waals surface area (Å²) in [6.07, 6.45) is 13.3. The van der Waals surface area contributed by atoms with Crippen molar-refractivity contribution in [2.45, 2.75) is 71.0 Å². The van der Waals surface area contributed by atoms with E-state index in [0.717, 1.165) is 37.7 Å². The molecule has 2 aromatic heterocycles. The van der Waals surface area contributed by atoms with Crippen molar-refractivity contribution in [3.63, 3.8) is 0 Å². The fourth-order valence-electron chi connectivity index (χ4n) is 6.11. The molecule has 2 aliphatic rings. The second kappa shape index (κ2) is 13.5. The number of hydrogen-bond donors (Lipinski definition) is 2. The third-order valence-electron chi connectivity index (χ3n) is 8.33. The molecule has 0 unspecified atom stereocenters. The molecule has 0 spiro atoms. The minimum Gasteiger partial charge on any atom is -0.496 e. The van der Waals surface area contributed by atoms with Gasteiger partial charge in [-0.1, -0.05) is 31.0 Å². The molecule has 1 fully saturated rings. The van der Waals surface area contributed by atoms with Crippen molar-refractivity contribution in [2.75, 3.05) is 24.0 Å². The first-order chi connectivity index (χ1) is 20.8. The molecule has 3 aromatic rings. The van der Waals surface area contributed by atoms with Gasteiger partial charge in [0.1, 0.15) is 28.2 Å². The van der Waals surface area contributed by atoms with Gasteiger partial charge in [0.15, 0.2) is 0 Å². The molecule has 43 heavy (non-hydrogen) atoms. The molecule has 0 saturated heterocycles. The number of aromatic nitrogens is 4. The lowest BCUT2D eigenvalue weighted by atomic mass is 9.81. The smallest absolute Gasteiger partial charge is 0.330 e. The number of ether oxygens (including phenoxy) is 2. The highest BCUT2D eigenvalue weighted by Crippen LogP contribution is 2.45. The van der Waals surface area contributed by atoms with Crippen molar-refractivity contribution in [3.8, 4) is 11.5 Å². The van der Waals surface area contributed by atoms with Crippen LogP contribution >= 0.6 is 11.6 Å². The van der Waals surface area contributed by atoms with E-state index >= 15 is 0 Å². The van der Waals surface area contributed by atoms with Crippen LogP contribution in [0.4, 0.5) is 16.3 Å². The number of rotatable bonds is 11. The number of carbonyl (C=O) groups excluding carboxylic acids is 2. The number of urea groups is 1. The summed E-state index contributed by atoms with van der Waals surface area (Å²) >= 11 is 6.78. The number of carbonyl (C=O) groups is 2. The van der Waals surface area contributed by atoms with E-state index in [1.54, 1.807) is 41.7 Å². The third-order valence-corrected chi connectivity index (χ3v) is 8.70. The van der Waals surface area contributed by atoms with E-state index in [1.165, 1.54) is 19.6 Å². The number of hydrogen-bond acceptors (Lipinski definition) is 7. The Labute approximate surface area is 256 Å². The van der Waals surface area contributed by atoms with Crippen LogP contribution in [0.15, 0.2) is 37.4 Å². The van der Waals surface area contributed by atoms with Gasteiger partial charge in [-0.15, -0.1) is 0 Å². The lowest BCUT2D eigenvalue weighted by Crippen LogP contribution is -2.48. The average Bonchev–Trinajstić information content (AvgIpc) is 3.53. The number of methoxy groups -OCH3 is 2. The van der Waals surface area contributed by atoms with E-state index in [1.807, 2.05) is 6.92 Å². The molecular weight excluding hydrogens is 570 g/mol. The Balaban J connectivity index is 1.41. The highest BCUT2D eigenvalue weighted by molar-refractivity contribution is 6.36. The first-order valence-electron chi connectivity index (χ1n) is 14.6. The molecule has 12 heteroatoms. The summed E-state index contributed by atoms with van der Waals surface area (Å²) in [7, 11) is 3.09. The zero-order valence-corrected chi connectivity index (χ0v) is 25.6. The summed E-state index contributed by atoms with van der Waals surface area (Å²) < 4.78 is 11.1. The van der Waals surface area contributed by atoms with Crippen LogP contribution in [0.5, 0.6) is 11.5 Å². The molecule has 11 nitrogen and oxygen atoms in total. The number of H-pyrrole nitrogens is 1. The van der Waals surface area contributed by atoms with Crippen LogP contribution in [0, 0.1) is 12.8 Å². The van der Waals surface area contributed by atoms with Gasteiger partial charge in [-0.3, -0.25) is 14.6 Å². The average molecular weight is 608 g/mol. The minimum atomic E-state index is -0.288. The van der Waals surface area contributed by atoms with Crippen LogP contribution in [-0.2, 0) is 24.3 Å². The summed E-state index contributed by atoms with van der Waals surface area (Å²) in [5, 5.41) is 3.43. The van der Waals surface area contributed by atoms with Gasteiger partial charge in [0.2, 0.25) is 5.91 Å². The number of imidazole rings is 1. The molecule has 1 aliphatic heterocycles. The second-order valence-corrected chi connectivity index (χ2v) is 11.4. The van der Waals surface area contributed by atoms with Crippen molar-refractivity contribution in [1.29, 1.82) is 0 Å². The van der Waals surface area contributed by atoms with E-state index in [0.29, 0.717) is 57.4 Å². The molecule has 228 valence electrons. The SMILES string of the molecule is C=CC(=O)N[C@H]1CCCC[C@H]1CCCc1ncc2c(n1)N(Cc1c[nH]cn1)C(=O)N(c1c(C)c(OC)cc(OC)c1Cl)C2. The van der Waals surface area contributed by atoms with Gasteiger partial charge >= 0.3 is 6.03 Å². The number of amides is 3. The maximum atomic E-state index is 14.2. The van der Waals surface area contributed by atoms with Gasteiger partial charge < -0.3 is 19.8 Å². The van der Waals surface area contributed by atoms with E-state index in [2.05, 4.69) is 26.8 Å². The number of nitrogens with one attached hydrogen (secondary N) is 2. The van der Waals surface area contributed by atoms with Crippen molar-refractivity contribution >= 4 is 35.0 Å². The van der Waals surface area contributed by atoms with Crippen molar-refractivity contribution in [1.82, 2.24) is 25.3 Å². The highest BCUT2D eigenvalue weighted by Gasteiger charge is 2.36. The fourth-order valence-corrected chi connectivity index (χ4v) is 6.48. The van der Waals surface area contributed by atoms with Gasteiger partial charge in [-0.25, -0.2) is 19.7 Å². The molecule has 3 amide bonds. The van der Waals surface area contributed by atoms with E-state index in [4.69, 9.17) is 26.1 Å². The molecule has 1 aromatic carbocycles. The van der Waals surface area contributed by atoms with Crippen LogP contribution in [0.1, 0.15) is 61.2 Å². The quantitative estimate of drug-likeness (QED) is 0.275. The van der Waals surface area contributed by atoms with Gasteiger partial charge in [0, 0.05) is 42.0 Å². The molecule has 2 N–H and O–H groups in total. The van der Waals surface area contributed by atoms with Gasteiger partial charge in [-0.05, 0) is 44.6 Å². The predicted molar refractivity (Wildman–Crippen MR) is 165 cm³/mol. The number of nitrogens with zero attached hydrogens (tertiary/aromatic N) is 5. The van der Waals surface area contributed by atoms with Crippen LogP contribution in [0.2, 0.25) is 5.02 Å².